The van der Waals surface area contributed by atoms with Crippen molar-refractivity contribution in [3.8, 4) is 0 Å². The van der Waals surface area contributed by atoms with Gasteiger partial charge in [0.1, 0.15) is 0 Å². The molecule has 0 bridgehead atoms. The summed E-state index contributed by atoms with van der Waals surface area (Å²) in [5.74, 6) is 0.301. The van der Waals surface area contributed by atoms with Gasteiger partial charge in [0.15, 0.2) is 0 Å². The van der Waals surface area contributed by atoms with Crippen LogP contribution in [-0.4, -0.2) is 29.8 Å². The van der Waals surface area contributed by atoms with Gasteiger partial charge in [-0.15, -0.1) is 0 Å². The number of hydrogen-bond donors (Lipinski definition) is 2. The molecule has 3 rings (SSSR count). The maximum atomic E-state index is 12.6. The normalized spacial score (nSPS) is 14.7. The van der Waals surface area contributed by atoms with Crippen LogP contribution in [0, 0.1) is 5.92 Å². The number of para-hydroxylation sites is 1. The number of nitrogens with two attached hydrogens (primary N) is 1. The smallest absolute Gasteiger partial charge is 0.255 e. The lowest BCUT2D eigenvalue weighted by atomic mass is 9.87. The summed E-state index contributed by atoms with van der Waals surface area (Å²) in [5, 5.41) is 2.91. The second kappa shape index (κ2) is 10.8. The van der Waals surface area contributed by atoms with Crippen LogP contribution >= 0.6 is 0 Å². The molecule has 0 aliphatic heterocycles. The third-order valence-corrected chi connectivity index (χ3v) is 5.58. The van der Waals surface area contributed by atoms with Crippen LogP contribution in [0.2, 0.25) is 0 Å². The molecule has 1 saturated carbocycles. The summed E-state index contributed by atoms with van der Waals surface area (Å²) < 4.78 is 0. The molecule has 0 aromatic heterocycles. The van der Waals surface area contributed by atoms with Gasteiger partial charge in [-0.3, -0.25) is 14.5 Å². The average molecular weight is 394 g/mol. The highest BCUT2D eigenvalue weighted by Gasteiger charge is 2.17. The maximum Gasteiger partial charge on any atom is 0.255 e. The minimum atomic E-state index is -0.313. The van der Waals surface area contributed by atoms with Crippen molar-refractivity contribution in [2.75, 3.05) is 18.4 Å². The lowest BCUT2D eigenvalue weighted by molar-refractivity contribution is -0.119. The lowest BCUT2D eigenvalue weighted by Gasteiger charge is -2.26. The Bertz CT molecular complexity index is 801. The van der Waals surface area contributed by atoms with Crippen LogP contribution in [0.3, 0.4) is 0 Å². The Morgan fingerprint density at radius 1 is 1.00 bits per heavy atom. The molecule has 2 amide bonds. The SMILES string of the molecule is NC(=O)CN(CCC1CCCCC1)Cc1cccc(C(=O)Nc2ccccc2)c1. The van der Waals surface area contributed by atoms with Crippen LogP contribution < -0.4 is 11.1 Å². The van der Waals surface area contributed by atoms with E-state index in [1.807, 2.05) is 54.6 Å². The number of carbonyl (C=O) groups is 2. The molecule has 1 aliphatic rings. The van der Waals surface area contributed by atoms with Gasteiger partial charge in [0, 0.05) is 17.8 Å². The first-order valence-electron chi connectivity index (χ1n) is 10.6. The summed E-state index contributed by atoms with van der Waals surface area (Å²) in [5.41, 5.74) is 7.86. The van der Waals surface area contributed by atoms with E-state index in [1.54, 1.807) is 0 Å². The molecule has 0 radical (unpaired) electrons. The standard InChI is InChI=1S/C24H31N3O2/c25-23(28)18-27(15-14-19-8-3-1-4-9-19)17-20-10-7-11-21(16-20)24(29)26-22-12-5-2-6-13-22/h2,5-7,10-13,16,19H,1,3-4,8-9,14-15,17-18H2,(H2,25,28)(H,26,29). The zero-order valence-corrected chi connectivity index (χ0v) is 17.0. The van der Waals surface area contributed by atoms with Gasteiger partial charge in [0.2, 0.25) is 5.91 Å². The summed E-state index contributed by atoms with van der Waals surface area (Å²) in [6.45, 7) is 1.71. The summed E-state index contributed by atoms with van der Waals surface area (Å²) in [4.78, 5) is 26.2. The number of hydrogen-bond acceptors (Lipinski definition) is 3. The summed E-state index contributed by atoms with van der Waals surface area (Å²) in [6, 6.07) is 17.0. The second-order valence-corrected chi connectivity index (χ2v) is 7.99. The molecule has 5 nitrogen and oxygen atoms in total. The van der Waals surface area contributed by atoms with Gasteiger partial charge >= 0.3 is 0 Å². The summed E-state index contributed by atoms with van der Waals surface area (Å²) in [7, 11) is 0. The van der Waals surface area contributed by atoms with Gasteiger partial charge in [-0.2, -0.15) is 0 Å². The number of amides is 2. The number of benzene rings is 2. The second-order valence-electron chi connectivity index (χ2n) is 7.99. The Kier molecular flexibility index (Phi) is 7.82. The number of nitrogens with zero attached hydrogens (tertiary/aromatic N) is 1. The number of anilines is 1. The summed E-state index contributed by atoms with van der Waals surface area (Å²) >= 11 is 0. The predicted molar refractivity (Wildman–Crippen MR) is 117 cm³/mol. The fraction of sp³-hybridized carbons (Fsp3) is 0.417. The van der Waals surface area contributed by atoms with E-state index in [2.05, 4.69) is 10.2 Å². The average Bonchev–Trinajstić information content (AvgIpc) is 2.73. The van der Waals surface area contributed by atoms with E-state index in [-0.39, 0.29) is 18.4 Å². The van der Waals surface area contributed by atoms with Gasteiger partial charge < -0.3 is 11.1 Å². The van der Waals surface area contributed by atoms with Crippen molar-refractivity contribution in [2.45, 2.75) is 45.1 Å². The highest BCUT2D eigenvalue weighted by Crippen LogP contribution is 2.26. The topological polar surface area (TPSA) is 75.4 Å². The molecule has 2 aromatic carbocycles. The zero-order valence-electron chi connectivity index (χ0n) is 17.0. The minimum Gasteiger partial charge on any atom is -0.369 e. The van der Waals surface area contributed by atoms with Crippen LogP contribution in [0.25, 0.3) is 0 Å². The van der Waals surface area contributed by atoms with Gasteiger partial charge in [0.05, 0.1) is 6.54 Å². The minimum absolute atomic E-state index is 0.137. The van der Waals surface area contributed by atoms with Crippen molar-refractivity contribution in [1.82, 2.24) is 4.90 Å². The van der Waals surface area contributed by atoms with E-state index in [4.69, 9.17) is 5.73 Å². The number of carbonyl (C=O) groups excluding carboxylic acids is 2. The maximum absolute atomic E-state index is 12.6. The molecule has 0 spiro atoms. The van der Waals surface area contributed by atoms with Crippen LogP contribution in [0.1, 0.15) is 54.4 Å². The molecule has 0 unspecified atom stereocenters. The molecule has 0 heterocycles. The van der Waals surface area contributed by atoms with E-state index < -0.39 is 0 Å². The fourth-order valence-corrected chi connectivity index (χ4v) is 4.07. The molecular formula is C24H31N3O2. The van der Waals surface area contributed by atoms with E-state index in [9.17, 15) is 9.59 Å². The monoisotopic (exact) mass is 393 g/mol. The molecule has 0 saturated heterocycles. The number of primary amides is 1. The van der Waals surface area contributed by atoms with Gasteiger partial charge in [-0.1, -0.05) is 62.4 Å². The van der Waals surface area contributed by atoms with E-state index in [1.165, 1.54) is 32.1 Å². The van der Waals surface area contributed by atoms with Crippen LogP contribution in [0.5, 0.6) is 0 Å². The molecule has 5 heteroatoms. The third kappa shape index (κ3) is 7.02. The molecule has 3 N–H and O–H groups in total. The molecule has 2 aromatic rings. The van der Waals surface area contributed by atoms with Crippen molar-refractivity contribution in [3.63, 3.8) is 0 Å². The predicted octanol–water partition coefficient (Wildman–Crippen LogP) is 4.20. The highest BCUT2D eigenvalue weighted by atomic mass is 16.2. The first-order chi connectivity index (χ1) is 14.1. The van der Waals surface area contributed by atoms with Crippen molar-refractivity contribution >= 4 is 17.5 Å². The van der Waals surface area contributed by atoms with E-state index in [0.29, 0.717) is 12.1 Å². The number of nitrogens with one attached hydrogen (secondary N) is 1. The van der Waals surface area contributed by atoms with Crippen LogP contribution in [0.4, 0.5) is 5.69 Å². The Labute approximate surface area is 173 Å². The van der Waals surface area contributed by atoms with Gasteiger partial charge in [-0.05, 0) is 48.7 Å². The van der Waals surface area contributed by atoms with Crippen molar-refractivity contribution < 1.29 is 9.59 Å². The van der Waals surface area contributed by atoms with Crippen LogP contribution in [0.15, 0.2) is 54.6 Å². The molecular weight excluding hydrogens is 362 g/mol. The first kappa shape index (κ1) is 21.1. The Morgan fingerprint density at radius 3 is 2.48 bits per heavy atom. The molecule has 1 fully saturated rings. The molecule has 154 valence electrons. The lowest BCUT2D eigenvalue weighted by Crippen LogP contribution is -2.35. The van der Waals surface area contributed by atoms with Gasteiger partial charge in [-0.25, -0.2) is 0 Å². The third-order valence-electron chi connectivity index (χ3n) is 5.58. The Balaban J connectivity index is 1.61. The number of rotatable bonds is 9. The summed E-state index contributed by atoms with van der Waals surface area (Å²) in [6.07, 6.45) is 7.66. The zero-order chi connectivity index (χ0) is 20.5. The van der Waals surface area contributed by atoms with Crippen molar-refractivity contribution in [2.24, 2.45) is 11.7 Å². The Morgan fingerprint density at radius 2 is 1.76 bits per heavy atom. The van der Waals surface area contributed by atoms with E-state index >= 15 is 0 Å². The Hall–Kier alpha value is -2.66. The molecule has 0 atom stereocenters. The first-order valence-corrected chi connectivity index (χ1v) is 10.6. The van der Waals surface area contributed by atoms with Crippen molar-refractivity contribution in [3.05, 3.63) is 65.7 Å². The van der Waals surface area contributed by atoms with Crippen molar-refractivity contribution in [1.29, 1.82) is 0 Å². The quantitative estimate of drug-likeness (QED) is 0.670. The van der Waals surface area contributed by atoms with Gasteiger partial charge in [0.25, 0.3) is 5.91 Å². The van der Waals surface area contributed by atoms with E-state index in [0.717, 1.165) is 30.1 Å². The fourth-order valence-electron chi connectivity index (χ4n) is 4.07. The van der Waals surface area contributed by atoms with Crippen LogP contribution in [-0.2, 0) is 11.3 Å². The molecule has 29 heavy (non-hydrogen) atoms. The largest absolute Gasteiger partial charge is 0.369 e. The molecule has 1 aliphatic carbocycles. The highest BCUT2D eigenvalue weighted by molar-refractivity contribution is 6.04.